The smallest absolute Gasteiger partial charge is 0.215 e. The highest BCUT2D eigenvalue weighted by atomic mass is 35.5. The first-order valence-corrected chi connectivity index (χ1v) is 11.0. The van der Waals surface area contributed by atoms with Crippen LogP contribution in [0.5, 0.6) is 0 Å². The van der Waals surface area contributed by atoms with Crippen LogP contribution in [-0.4, -0.2) is 24.7 Å². The zero-order valence-electron chi connectivity index (χ0n) is 14.5. The number of nitrogens with one attached hydrogen (secondary N) is 1. The van der Waals surface area contributed by atoms with Crippen LogP contribution in [0.1, 0.15) is 27.9 Å². The molecular formula is C18H20ClN3O2S2. The number of aryl methyl sites for hydroxylation is 2. The summed E-state index contributed by atoms with van der Waals surface area (Å²) in [5.41, 5.74) is 2.48. The van der Waals surface area contributed by atoms with Crippen LogP contribution >= 0.6 is 22.9 Å². The quantitative estimate of drug-likeness (QED) is 0.643. The normalized spacial score (nSPS) is 13.0. The van der Waals surface area contributed by atoms with E-state index in [9.17, 15) is 8.42 Å². The molecule has 3 rings (SSSR count). The van der Waals surface area contributed by atoms with Crippen LogP contribution in [0.4, 0.5) is 0 Å². The molecule has 138 valence electrons. The zero-order chi connectivity index (χ0) is 18.7. The van der Waals surface area contributed by atoms with E-state index in [0.717, 1.165) is 16.3 Å². The number of benzene rings is 1. The number of rotatable bonds is 7. The molecule has 0 amide bonds. The van der Waals surface area contributed by atoms with E-state index < -0.39 is 10.0 Å². The molecule has 1 unspecified atom stereocenters. The van der Waals surface area contributed by atoms with Gasteiger partial charge in [-0.15, -0.1) is 11.3 Å². The van der Waals surface area contributed by atoms with Gasteiger partial charge in [-0.1, -0.05) is 35.9 Å². The number of hydrogen-bond donors (Lipinski definition) is 1. The summed E-state index contributed by atoms with van der Waals surface area (Å²) in [6.07, 6.45) is 0. The molecule has 0 saturated carbocycles. The van der Waals surface area contributed by atoms with Crippen molar-refractivity contribution in [3.8, 4) is 0 Å². The first-order valence-electron chi connectivity index (χ1n) is 8.12. The molecule has 0 aliphatic carbocycles. The molecule has 3 aromatic rings. The third-order valence-electron chi connectivity index (χ3n) is 4.01. The Morgan fingerprint density at radius 1 is 1.23 bits per heavy atom. The highest BCUT2D eigenvalue weighted by molar-refractivity contribution is 7.88. The van der Waals surface area contributed by atoms with Gasteiger partial charge >= 0.3 is 0 Å². The summed E-state index contributed by atoms with van der Waals surface area (Å²) in [6, 6.07) is 12.7. The van der Waals surface area contributed by atoms with Gasteiger partial charge < -0.3 is 0 Å². The van der Waals surface area contributed by atoms with Crippen LogP contribution in [0.25, 0.3) is 0 Å². The molecule has 1 aromatic carbocycles. The van der Waals surface area contributed by atoms with E-state index in [0.29, 0.717) is 10.6 Å². The minimum Gasteiger partial charge on any atom is -0.260 e. The topological polar surface area (TPSA) is 64.0 Å². The minimum atomic E-state index is -3.53. The number of nitrogens with zero attached hydrogens (tertiary/aromatic N) is 2. The summed E-state index contributed by atoms with van der Waals surface area (Å²) in [7, 11) is -3.53. The Hall–Kier alpha value is -1.67. The van der Waals surface area contributed by atoms with Gasteiger partial charge in [-0.3, -0.25) is 4.68 Å². The van der Waals surface area contributed by atoms with Crippen LogP contribution < -0.4 is 4.72 Å². The molecule has 0 aliphatic rings. The average molecular weight is 410 g/mol. The average Bonchev–Trinajstić information content (AvgIpc) is 3.20. The van der Waals surface area contributed by atoms with Crippen molar-refractivity contribution in [2.45, 2.75) is 25.6 Å². The van der Waals surface area contributed by atoms with Gasteiger partial charge in [0.15, 0.2) is 0 Å². The maximum absolute atomic E-state index is 12.6. The molecule has 26 heavy (non-hydrogen) atoms. The van der Waals surface area contributed by atoms with Gasteiger partial charge in [0.2, 0.25) is 10.0 Å². The second-order valence-corrected chi connectivity index (χ2v) is 9.30. The zero-order valence-corrected chi connectivity index (χ0v) is 16.9. The Morgan fingerprint density at radius 2 is 2.00 bits per heavy atom. The van der Waals surface area contributed by atoms with Crippen LogP contribution in [0, 0.1) is 13.8 Å². The fraction of sp³-hybridized carbons (Fsp3) is 0.278. The Bertz CT molecular complexity index is 982. The van der Waals surface area contributed by atoms with Crippen LogP contribution in [-0.2, 0) is 15.8 Å². The molecule has 0 radical (unpaired) electrons. The molecule has 0 fully saturated rings. The van der Waals surface area contributed by atoms with Crippen molar-refractivity contribution in [1.29, 1.82) is 0 Å². The number of aromatic nitrogens is 2. The summed E-state index contributed by atoms with van der Waals surface area (Å²) in [6.45, 7) is 4.13. The van der Waals surface area contributed by atoms with Gasteiger partial charge in [-0.05, 0) is 43.0 Å². The summed E-state index contributed by atoms with van der Waals surface area (Å²) in [5.74, 6) is -0.152. The van der Waals surface area contributed by atoms with Crippen molar-refractivity contribution in [3.63, 3.8) is 0 Å². The Morgan fingerprint density at radius 3 is 2.62 bits per heavy atom. The van der Waals surface area contributed by atoms with Gasteiger partial charge in [0, 0.05) is 22.1 Å². The first kappa shape index (κ1) is 19.1. The SMILES string of the molecule is Cc1cc(C)n(C(CNS(=O)(=O)Cc2ccccc2Cl)c2cccs2)n1. The van der Waals surface area contributed by atoms with E-state index in [1.807, 2.05) is 42.1 Å². The van der Waals surface area contributed by atoms with Crippen molar-refractivity contribution in [2.75, 3.05) is 6.54 Å². The molecule has 1 atom stereocenters. The van der Waals surface area contributed by atoms with Gasteiger partial charge in [0.1, 0.15) is 0 Å². The number of thiophene rings is 1. The number of halogens is 1. The fourth-order valence-electron chi connectivity index (χ4n) is 2.83. The third kappa shape index (κ3) is 4.54. The van der Waals surface area contributed by atoms with Crippen LogP contribution in [0.3, 0.4) is 0 Å². The maximum Gasteiger partial charge on any atom is 0.215 e. The van der Waals surface area contributed by atoms with Crippen molar-refractivity contribution < 1.29 is 8.42 Å². The molecule has 5 nitrogen and oxygen atoms in total. The predicted molar refractivity (Wildman–Crippen MR) is 106 cm³/mol. The molecule has 0 spiro atoms. The van der Waals surface area contributed by atoms with Crippen LogP contribution in [0.2, 0.25) is 5.02 Å². The summed E-state index contributed by atoms with van der Waals surface area (Å²) in [5, 5.41) is 6.96. The highest BCUT2D eigenvalue weighted by Crippen LogP contribution is 2.25. The van der Waals surface area contributed by atoms with E-state index in [4.69, 9.17) is 11.6 Å². The van der Waals surface area contributed by atoms with Gasteiger partial charge in [-0.2, -0.15) is 5.10 Å². The summed E-state index contributed by atoms with van der Waals surface area (Å²) in [4.78, 5) is 1.05. The lowest BCUT2D eigenvalue weighted by atomic mass is 10.2. The standard InChI is InChI=1S/C18H20ClN3O2S2/c1-13-10-14(2)22(21-13)17(18-8-5-9-25-18)11-20-26(23,24)12-15-6-3-4-7-16(15)19/h3-10,17,20H,11-12H2,1-2H3. The summed E-state index contributed by atoms with van der Waals surface area (Å²) >= 11 is 7.67. The summed E-state index contributed by atoms with van der Waals surface area (Å²) < 4.78 is 29.7. The van der Waals surface area contributed by atoms with Gasteiger partial charge in [0.05, 0.1) is 17.5 Å². The molecule has 2 aromatic heterocycles. The first-order chi connectivity index (χ1) is 12.4. The maximum atomic E-state index is 12.6. The van der Waals surface area contributed by atoms with E-state index in [1.165, 1.54) is 0 Å². The van der Waals surface area contributed by atoms with Crippen molar-refractivity contribution >= 4 is 33.0 Å². The molecule has 2 heterocycles. The van der Waals surface area contributed by atoms with Gasteiger partial charge in [0.25, 0.3) is 0 Å². The van der Waals surface area contributed by atoms with Crippen molar-refractivity contribution in [3.05, 3.63) is 74.7 Å². The third-order valence-corrected chi connectivity index (χ3v) is 6.65. The molecular weight excluding hydrogens is 390 g/mol. The van der Waals surface area contributed by atoms with E-state index in [1.54, 1.807) is 35.6 Å². The predicted octanol–water partition coefficient (Wildman–Crippen LogP) is 3.92. The Balaban J connectivity index is 1.80. The minimum absolute atomic E-state index is 0.152. The lowest BCUT2D eigenvalue weighted by molar-refractivity contribution is 0.499. The van der Waals surface area contributed by atoms with Crippen molar-refractivity contribution in [1.82, 2.24) is 14.5 Å². The highest BCUT2D eigenvalue weighted by Gasteiger charge is 2.21. The molecule has 1 N–H and O–H groups in total. The van der Waals surface area contributed by atoms with E-state index in [2.05, 4.69) is 9.82 Å². The second-order valence-electron chi connectivity index (χ2n) is 6.10. The Kier molecular flexibility index (Phi) is 5.82. The lowest BCUT2D eigenvalue weighted by Gasteiger charge is -2.19. The molecule has 0 saturated heterocycles. The van der Waals surface area contributed by atoms with E-state index in [-0.39, 0.29) is 18.3 Å². The number of hydrogen-bond acceptors (Lipinski definition) is 4. The molecule has 0 bridgehead atoms. The molecule has 0 aliphatic heterocycles. The van der Waals surface area contributed by atoms with E-state index >= 15 is 0 Å². The lowest BCUT2D eigenvalue weighted by Crippen LogP contribution is -2.32. The Labute approximate surface area is 162 Å². The van der Waals surface area contributed by atoms with Crippen molar-refractivity contribution in [2.24, 2.45) is 0 Å². The monoisotopic (exact) mass is 409 g/mol. The van der Waals surface area contributed by atoms with Gasteiger partial charge in [-0.25, -0.2) is 13.1 Å². The largest absolute Gasteiger partial charge is 0.260 e. The second kappa shape index (κ2) is 7.92. The number of sulfonamides is 1. The molecule has 8 heteroatoms. The fourth-order valence-corrected chi connectivity index (χ4v) is 5.10. The van der Waals surface area contributed by atoms with Crippen LogP contribution in [0.15, 0.2) is 47.8 Å².